The molecule has 0 amide bonds. The molecule has 0 aliphatic carbocycles. The number of carbonyl (C=O) groups is 3. The molecule has 0 heterocycles. The van der Waals surface area contributed by atoms with Crippen molar-refractivity contribution in [2.45, 2.75) is 296 Å². The first-order valence-electron chi connectivity index (χ1n) is 33.4. The van der Waals surface area contributed by atoms with E-state index in [0.29, 0.717) is 17.4 Å². The van der Waals surface area contributed by atoms with Crippen molar-refractivity contribution in [3.63, 3.8) is 0 Å². The maximum Gasteiger partial charge on any atom is 0.361 e. The molecule has 2 atom stereocenters. The van der Waals surface area contributed by atoms with E-state index in [9.17, 15) is 19.5 Å². The van der Waals surface area contributed by atoms with Gasteiger partial charge in [-0.3, -0.25) is 9.59 Å². The topological polar surface area (TPSA) is 108 Å². The Kier molecular flexibility index (Phi) is 59.3. The predicted octanol–water partition coefficient (Wildman–Crippen LogP) is 20.5. The van der Waals surface area contributed by atoms with Gasteiger partial charge >= 0.3 is 17.9 Å². The number of nitrogens with zero attached hydrogens (tertiary/aromatic N) is 1. The lowest BCUT2D eigenvalue weighted by atomic mass is 10.0. The van der Waals surface area contributed by atoms with Crippen molar-refractivity contribution in [1.82, 2.24) is 0 Å². The summed E-state index contributed by atoms with van der Waals surface area (Å²) >= 11 is 0. The van der Waals surface area contributed by atoms with E-state index in [-0.39, 0.29) is 32.2 Å². The average Bonchev–Trinajstić information content (AvgIpc) is 3.44. The second-order valence-corrected chi connectivity index (χ2v) is 23.4. The number of quaternary nitrogens is 1. The molecule has 0 rings (SSSR count). The van der Waals surface area contributed by atoms with Gasteiger partial charge in [-0.1, -0.05) is 291 Å². The van der Waals surface area contributed by atoms with Crippen molar-refractivity contribution >= 4 is 17.9 Å². The lowest BCUT2D eigenvalue weighted by Gasteiger charge is -2.25. The minimum atomic E-state index is -1.51. The highest BCUT2D eigenvalue weighted by Gasteiger charge is 2.25. The van der Waals surface area contributed by atoms with Crippen LogP contribution in [0, 0.1) is 0 Å². The third kappa shape index (κ3) is 63.6. The fourth-order valence-electron chi connectivity index (χ4n) is 9.27. The van der Waals surface area contributed by atoms with Gasteiger partial charge < -0.3 is 28.5 Å². The molecule has 0 aromatic heterocycles. The van der Waals surface area contributed by atoms with Crippen molar-refractivity contribution in [3.05, 3.63) is 97.2 Å². The number of carbonyl (C=O) groups excluding carboxylic acids is 2. The van der Waals surface area contributed by atoms with Gasteiger partial charge in [0.25, 0.3) is 6.29 Å². The largest absolute Gasteiger partial charge is 0.477 e. The summed E-state index contributed by atoms with van der Waals surface area (Å²) in [5, 5.41) is 9.72. The molecular weight excluding hydrogens is 1010 g/mol. The van der Waals surface area contributed by atoms with E-state index in [1.54, 1.807) is 0 Å². The Balaban J connectivity index is 4.03. The molecular formula is C72H126NO8+. The van der Waals surface area contributed by atoms with Gasteiger partial charge in [0.1, 0.15) is 13.2 Å². The Bertz CT molecular complexity index is 1650. The maximum absolute atomic E-state index is 12.9. The number of carboxylic acid groups (broad SMARTS) is 1. The fraction of sp³-hybridized carbons (Fsp3) is 0.736. The molecule has 0 aliphatic rings. The number of esters is 2. The molecule has 0 saturated heterocycles. The van der Waals surface area contributed by atoms with E-state index in [2.05, 4.69) is 111 Å². The van der Waals surface area contributed by atoms with Crippen molar-refractivity contribution < 1.29 is 42.9 Å². The monoisotopic (exact) mass is 1130 g/mol. The molecule has 0 aromatic carbocycles. The summed E-state index contributed by atoms with van der Waals surface area (Å²) in [5.41, 5.74) is 0. The molecule has 0 fully saturated rings. The van der Waals surface area contributed by atoms with E-state index >= 15 is 0 Å². The lowest BCUT2D eigenvalue weighted by Crippen LogP contribution is -2.40. The van der Waals surface area contributed by atoms with E-state index < -0.39 is 24.3 Å². The molecule has 0 aromatic rings. The third-order valence-corrected chi connectivity index (χ3v) is 14.4. The van der Waals surface area contributed by atoms with Crippen LogP contribution in [0.2, 0.25) is 0 Å². The van der Waals surface area contributed by atoms with Crippen LogP contribution >= 0.6 is 0 Å². The van der Waals surface area contributed by atoms with Crippen LogP contribution in [0.4, 0.5) is 0 Å². The quantitative estimate of drug-likeness (QED) is 0.0211. The molecule has 0 bridgehead atoms. The first kappa shape index (κ1) is 77.2. The first-order valence-corrected chi connectivity index (χ1v) is 33.4. The van der Waals surface area contributed by atoms with Crippen LogP contribution in [-0.2, 0) is 33.3 Å². The molecule has 81 heavy (non-hydrogen) atoms. The van der Waals surface area contributed by atoms with Crippen molar-refractivity contribution in [2.75, 3.05) is 47.5 Å². The summed E-state index contributed by atoms with van der Waals surface area (Å²) in [5.74, 6) is -1.99. The molecule has 0 aliphatic heterocycles. The van der Waals surface area contributed by atoms with E-state index in [4.69, 9.17) is 18.9 Å². The van der Waals surface area contributed by atoms with E-state index in [1.165, 1.54) is 167 Å². The number of hydrogen-bond donors (Lipinski definition) is 1. The second kappa shape index (κ2) is 62.3. The van der Waals surface area contributed by atoms with Crippen LogP contribution < -0.4 is 0 Å². The van der Waals surface area contributed by atoms with Crippen molar-refractivity contribution in [3.8, 4) is 0 Å². The van der Waals surface area contributed by atoms with Crippen molar-refractivity contribution in [2.24, 2.45) is 0 Å². The van der Waals surface area contributed by atoms with Crippen LogP contribution in [-0.4, -0.2) is 87.4 Å². The molecule has 9 heteroatoms. The van der Waals surface area contributed by atoms with Gasteiger partial charge in [0.15, 0.2) is 6.10 Å². The highest BCUT2D eigenvalue weighted by atomic mass is 16.7. The summed E-state index contributed by atoms with van der Waals surface area (Å²) < 4.78 is 22.9. The number of hydrogen-bond acceptors (Lipinski definition) is 7. The zero-order valence-corrected chi connectivity index (χ0v) is 53.2. The summed E-state index contributed by atoms with van der Waals surface area (Å²) in [6.07, 6.45) is 82.3. The Morgan fingerprint density at radius 2 is 0.704 bits per heavy atom. The van der Waals surface area contributed by atoms with Gasteiger partial charge in [-0.05, 0) is 77.0 Å². The van der Waals surface area contributed by atoms with Gasteiger partial charge in [-0.15, -0.1) is 0 Å². The van der Waals surface area contributed by atoms with Gasteiger partial charge in [0.2, 0.25) is 0 Å². The number of aliphatic carboxylic acids is 1. The van der Waals surface area contributed by atoms with Crippen LogP contribution in [0.15, 0.2) is 97.2 Å². The summed E-state index contributed by atoms with van der Waals surface area (Å²) in [4.78, 5) is 37.5. The Morgan fingerprint density at radius 3 is 1.05 bits per heavy atom. The van der Waals surface area contributed by atoms with E-state index in [0.717, 1.165) is 89.9 Å². The fourth-order valence-corrected chi connectivity index (χ4v) is 9.27. The minimum absolute atomic E-state index is 0.180. The molecule has 9 nitrogen and oxygen atoms in total. The second-order valence-electron chi connectivity index (χ2n) is 23.4. The number of allylic oxidation sites excluding steroid dienone is 16. The average molecular weight is 1130 g/mol. The Hall–Kier alpha value is -3.79. The molecule has 0 radical (unpaired) electrons. The van der Waals surface area contributed by atoms with Crippen LogP contribution in [0.25, 0.3) is 0 Å². The molecule has 1 N–H and O–H groups in total. The summed E-state index contributed by atoms with van der Waals surface area (Å²) in [7, 11) is 5.97. The van der Waals surface area contributed by atoms with Gasteiger partial charge in [-0.25, -0.2) is 4.79 Å². The van der Waals surface area contributed by atoms with Gasteiger partial charge in [0.05, 0.1) is 34.4 Å². The number of likely N-dealkylation sites (N-methyl/N-ethyl adjacent to an activating group) is 1. The zero-order valence-electron chi connectivity index (χ0n) is 53.2. The highest BCUT2D eigenvalue weighted by molar-refractivity contribution is 5.71. The molecule has 0 saturated carbocycles. The number of ether oxygens (including phenoxy) is 4. The maximum atomic E-state index is 12.9. The zero-order chi connectivity index (χ0) is 59.1. The summed E-state index contributed by atoms with van der Waals surface area (Å²) in [6, 6.07) is 0. The van der Waals surface area contributed by atoms with Gasteiger partial charge in [-0.2, -0.15) is 0 Å². The highest BCUT2D eigenvalue weighted by Crippen LogP contribution is 2.17. The SMILES string of the molecule is CC/C=C\C/C=C\C/C=C\C/C=C\C/C=C\C/C=C\C/C=C\C/C=C\CCCCCCCCCCCCCCCCCCC(=O)OC(COC(=O)CCCCCCCCCCCCCCCCC)COC(OCC[N+](C)(C)C)C(=O)O. The number of carboxylic acids is 1. The van der Waals surface area contributed by atoms with Crippen LogP contribution in [0.5, 0.6) is 0 Å². The number of rotatable bonds is 61. The molecule has 0 spiro atoms. The third-order valence-electron chi connectivity index (χ3n) is 14.4. The normalized spacial score (nSPS) is 13.3. The lowest BCUT2D eigenvalue weighted by molar-refractivity contribution is -0.870. The summed E-state index contributed by atoms with van der Waals surface area (Å²) in [6.45, 7) is 4.79. The van der Waals surface area contributed by atoms with Gasteiger partial charge in [0, 0.05) is 12.8 Å². The molecule has 466 valence electrons. The van der Waals surface area contributed by atoms with Crippen molar-refractivity contribution in [1.29, 1.82) is 0 Å². The van der Waals surface area contributed by atoms with E-state index in [1.807, 2.05) is 21.1 Å². The minimum Gasteiger partial charge on any atom is -0.477 e. The van der Waals surface area contributed by atoms with Crippen LogP contribution in [0.3, 0.4) is 0 Å². The Morgan fingerprint density at radius 1 is 0.383 bits per heavy atom. The number of unbranched alkanes of at least 4 members (excludes halogenated alkanes) is 30. The smallest absolute Gasteiger partial charge is 0.361 e. The molecule has 2 unspecified atom stereocenters. The Labute approximate surface area is 499 Å². The first-order chi connectivity index (χ1) is 39.6. The predicted molar refractivity (Wildman–Crippen MR) is 345 cm³/mol. The van der Waals surface area contributed by atoms with Crippen LogP contribution in [0.1, 0.15) is 284 Å². The standard InChI is InChI=1S/C72H125NO8/c1-6-8-10-12-14-16-18-20-22-23-24-25-26-27-28-29-30-31-32-33-34-35-36-37-38-39-40-41-42-43-44-45-46-47-49-51-53-55-57-59-61-63-70(75)81-68(67-80-72(71(76)77)78-65-64-73(3,4)5)66-79-69(74)62-60-58-56-54-52-50-48-21-19-17-15-13-11-9-7-2/h8,10,14,16,20,22,24-25,27-28,30-31,33-34,36-37,68,72H,6-7,9,11-13,15,17-19,21,23,26,29,32,35,38-67H2,1-5H3/p+1/b10-8-,16-14-,22-20-,25-24-,28-27-,31-30-,34-33-,37-36-.